The lowest BCUT2D eigenvalue weighted by molar-refractivity contribution is -0.126. The molecule has 0 radical (unpaired) electrons. The largest absolute Gasteiger partial charge is 0.444 e. The Bertz CT molecular complexity index is 1320. The van der Waals surface area contributed by atoms with Crippen LogP contribution in [0.3, 0.4) is 0 Å². The first-order valence-electron chi connectivity index (χ1n) is 14.4. The minimum atomic E-state index is -1.00. The van der Waals surface area contributed by atoms with Gasteiger partial charge in [0.15, 0.2) is 5.78 Å². The van der Waals surface area contributed by atoms with Crippen molar-refractivity contribution >= 4 is 47.1 Å². The second kappa shape index (κ2) is 16.1. The van der Waals surface area contributed by atoms with Crippen molar-refractivity contribution in [1.82, 2.24) is 16.0 Å². The normalized spacial score (nSPS) is 12.0. The van der Waals surface area contributed by atoms with Gasteiger partial charge in [-0.2, -0.15) is 0 Å². The summed E-state index contributed by atoms with van der Waals surface area (Å²) in [5.74, 6) is -1.40. The van der Waals surface area contributed by atoms with Crippen molar-refractivity contribution in [2.45, 2.75) is 78.0 Å². The number of nitrogens with one attached hydrogen (secondary N) is 3. The number of carbonyl (C=O) groups is 5. The molecule has 0 aliphatic heterocycles. The summed E-state index contributed by atoms with van der Waals surface area (Å²) >= 11 is 6.17. The molecule has 0 heterocycles. The van der Waals surface area contributed by atoms with Crippen LogP contribution in [0.15, 0.2) is 48.5 Å². The van der Waals surface area contributed by atoms with E-state index in [0.29, 0.717) is 35.7 Å². The van der Waals surface area contributed by atoms with Crippen LogP contribution >= 0.6 is 11.6 Å². The van der Waals surface area contributed by atoms with Gasteiger partial charge >= 0.3 is 12.2 Å². The molecule has 0 saturated heterocycles. The highest BCUT2D eigenvalue weighted by molar-refractivity contribution is 6.31. The molecule has 11 nitrogen and oxygen atoms in total. The lowest BCUT2D eigenvalue weighted by atomic mass is 10.0. The van der Waals surface area contributed by atoms with Gasteiger partial charge in [0.05, 0.1) is 12.2 Å². The number of anilines is 1. The molecule has 2 aromatic carbocycles. The van der Waals surface area contributed by atoms with Gasteiger partial charge in [-0.15, -0.1) is 0 Å². The Morgan fingerprint density at radius 2 is 1.45 bits per heavy atom. The number of hydrogen-bond acceptors (Lipinski definition) is 7. The lowest BCUT2D eigenvalue weighted by Crippen LogP contribution is -2.50. The maximum atomic E-state index is 13.2. The van der Waals surface area contributed by atoms with E-state index in [4.69, 9.17) is 21.1 Å². The summed E-state index contributed by atoms with van der Waals surface area (Å²) in [4.78, 5) is 65.1. The van der Waals surface area contributed by atoms with Crippen molar-refractivity contribution < 1.29 is 33.4 Å². The molecule has 240 valence electrons. The summed E-state index contributed by atoms with van der Waals surface area (Å²) in [5, 5.41) is 8.13. The fourth-order valence-electron chi connectivity index (χ4n) is 3.96. The molecule has 44 heavy (non-hydrogen) atoms. The summed E-state index contributed by atoms with van der Waals surface area (Å²) in [6, 6.07) is 12.2. The van der Waals surface area contributed by atoms with Crippen LogP contribution in [0.2, 0.25) is 5.02 Å². The van der Waals surface area contributed by atoms with E-state index in [-0.39, 0.29) is 17.8 Å². The minimum Gasteiger partial charge on any atom is -0.444 e. The fraction of sp³-hybridized carbons (Fsp3) is 0.469. The van der Waals surface area contributed by atoms with E-state index >= 15 is 0 Å². The minimum absolute atomic E-state index is 0.220. The van der Waals surface area contributed by atoms with Gasteiger partial charge in [-0.1, -0.05) is 41.9 Å². The summed E-state index contributed by atoms with van der Waals surface area (Å²) in [7, 11) is 1.49. The zero-order chi connectivity index (χ0) is 33.1. The molecule has 0 saturated carbocycles. The lowest BCUT2D eigenvalue weighted by Gasteiger charge is -2.24. The average Bonchev–Trinajstić information content (AvgIpc) is 2.92. The summed E-state index contributed by atoms with van der Waals surface area (Å²) < 4.78 is 10.5. The first-order chi connectivity index (χ1) is 20.5. The number of rotatable bonds is 12. The van der Waals surface area contributed by atoms with Gasteiger partial charge in [0.2, 0.25) is 11.8 Å². The van der Waals surface area contributed by atoms with Crippen LogP contribution in [0.5, 0.6) is 0 Å². The molecule has 2 rings (SSSR count). The maximum absolute atomic E-state index is 13.2. The molecule has 0 aliphatic carbocycles. The average molecular weight is 631 g/mol. The molecule has 0 unspecified atom stereocenters. The van der Waals surface area contributed by atoms with Gasteiger partial charge in [-0.05, 0) is 79.0 Å². The standard InChI is InChI=1S/C32H43ClN4O7/c1-31(2,3)43-29(41)34-18-12-11-15-24(36-30(42)44-32(4,5)6)28(40)35-20-26(38)37(7)25-17-16-22(33)19-23(25)27(39)21-13-9-8-10-14-21/h8-10,13-14,16-17,19,24H,11-12,15,18,20H2,1-7H3,(H,34,41)(H,35,40)(H,36,42)/t24-/m0/s1. The molecular formula is C32H43ClN4O7. The van der Waals surface area contributed by atoms with Crippen LogP contribution in [0.4, 0.5) is 15.3 Å². The Balaban J connectivity index is 2.06. The second-order valence-corrected chi connectivity index (χ2v) is 12.6. The predicted octanol–water partition coefficient (Wildman–Crippen LogP) is 5.24. The van der Waals surface area contributed by atoms with Crippen molar-refractivity contribution in [2.75, 3.05) is 25.0 Å². The molecular weight excluding hydrogens is 588 g/mol. The zero-order valence-corrected chi connectivity index (χ0v) is 27.2. The number of benzene rings is 2. The van der Waals surface area contributed by atoms with Crippen molar-refractivity contribution in [2.24, 2.45) is 0 Å². The number of alkyl carbamates (subject to hydrolysis) is 2. The third kappa shape index (κ3) is 12.6. The highest BCUT2D eigenvalue weighted by atomic mass is 35.5. The summed E-state index contributed by atoms with van der Waals surface area (Å²) in [6.45, 7) is 10.3. The van der Waals surface area contributed by atoms with Crippen LogP contribution in [0, 0.1) is 0 Å². The highest BCUT2D eigenvalue weighted by Gasteiger charge is 2.26. The number of ketones is 1. The number of unbranched alkanes of at least 4 members (excludes halogenated alkanes) is 1. The van der Waals surface area contributed by atoms with Crippen molar-refractivity contribution in [3.05, 3.63) is 64.7 Å². The van der Waals surface area contributed by atoms with E-state index in [2.05, 4.69) is 16.0 Å². The fourth-order valence-corrected chi connectivity index (χ4v) is 4.14. The van der Waals surface area contributed by atoms with Crippen LogP contribution < -0.4 is 20.9 Å². The smallest absolute Gasteiger partial charge is 0.408 e. The molecule has 0 spiro atoms. The Kier molecular flexibility index (Phi) is 13.2. The number of halogens is 1. The predicted molar refractivity (Wildman–Crippen MR) is 169 cm³/mol. The Morgan fingerprint density at radius 3 is 2.07 bits per heavy atom. The number of ether oxygens (including phenoxy) is 2. The topological polar surface area (TPSA) is 143 Å². The van der Waals surface area contributed by atoms with E-state index in [1.54, 1.807) is 84.0 Å². The first kappa shape index (κ1) is 36.1. The number of likely N-dealkylation sites (N-methyl/N-ethyl adjacent to an activating group) is 1. The van der Waals surface area contributed by atoms with Gasteiger partial charge in [0.1, 0.15) is 17.2 Å². The number of nitrogens with zero attached hydrogens (tertiary/aromatic N) is 1. The van der Waals surface area contributed by atoms with E-state index in [1.807, 2.05) is 0 Å². The van der Waals surface area contributed by atoms with Gasteiger partial charge in [0.25, 0.3) is 0 Å². The summed E-state index contributed by atoms with van der Waals surface area (Å²) in [5.41, 5.74) is -0.418. The number of carbonyl (C=O) groups excluding carboxylic acids is 5. The zero-order valence-electron chi connectivity index (χ0n) is 26.4. The Hall–Kier alpha value is -4.12. The van der Waals surface area contributed by atoms with E-state index in [1.165, 1.54) is 18.0 Å². The van der Waals surface area contributed by atoms with Gasteiger partial charge in [-0.25, -0.2) is 9.59 Å². The quantitative estimate of drug-likeness (QED) is 0.215. The van der Waals surface area contributed by atoms with Gasteiger partial charge in [-0.3, -0.25) is 14.4 Å². The van der Waals surface area contributed by atoms with E-state index in [0.717, 1.165) is 0 Å². The van der Waals surface area contributed by atoms with Crippen LogP contribution in [-0.4, -0.2) is 67.2 Å². The molecule has 2 aromatic rings. The molecule has 3 N–H and O–H groups in total. The third-order valence-electron chi connectivity index (χ3n) is 5.98. The first-order valence-corrected chi connectivity index (χ1v) is 14.7. The molecule has 0 aliphatic rings. The Labute approximate surface area is 264 Å². The molecule has 4 amide bonds. The van der Waals surface area contributed by atoms with E-state index in [9.17, 15) is 24.0 Å². The van der Waals surface area contributed by atoms with E-state index < -0.39 is 47.8 Å². The van der Waals surface area contributed by atoms with Gasteiger partial charge in [0, 0.05) is 29.7 Å². The van der Waals surface area contributed by atoms with Gasteiger partial charge < -0.3 is 30.3 Å². The molecule has 1 atom stereocenters. The van der Waals surface area contributed by atoms with Crippen molar-refractivity contribution in [3.8, 4) is 0 Å². The molecule has 0 bridgehead atoms. The molecule has 12 heteroatoms. The number of hydrogen-bond donors (Lipinski definition) is 3. The third-order valence-corrected chi connectivity index (χ3v) is 6.22. The van der Waals surface area contributed by atoms with Crippen LogP contribution in [0.25, 0.3) is 0 Å². The van der Waals surface area contributed by atoms with Crippen LogP contribution in [0.1, 0.15) is 76.7 Å². The van der Waals surface area contributed by atoms with Crippen molar-refractivity contribution in [1.29, 1.82) is 0 Å². The monoisotopic (exact) mass is 630 g/mol. The van der Waals surface area contributed by atoms with Crippen LogP contribution in [-0.2, 0) is 19.1 Å². The maximum Gasteiger partial charge on any atom is 0.408 e. The highest BCUT2D eigenvalue weighted by Crippen LogP contribution is 2.26. The molecule has 0 aromatic heterocycles. The van der Waals surface area contributed by atoms with Crippen molar-refractivity contribution in [3.63, 3.8) is 0 Å². The number of amides is 4. The SMILES string of the molecule is CN(C(=O)CNC(=O)[C@H](CCCCNC(=O)OC(C)(C)C)NC(=O)OC(C)(C)C)c1ccc(Cl)cc1C(=O)c1ccccc1. The molecule has 0 fully saturated rings. The second-order valence-electron chi connectivity index (χ2n) is 12.2. The Morgan fingerprint density at radius 1 is 0.841 bits per heavy atom. The summed E-state index contributed by atoms with van der Waals surface area (Å²) in [6.07, 6.45) is -0.130.